The van der Waals surface area contributed by atoms with Crippen molar-refractivity contribution in [3.63, 3.8) is 0 Å². The molecular formula is C33H35Cl3F3N7O2. The Labute approximate surface area is 293 Å². The summed E-state index contributed by atoms with van der Waals surface area (Å²) in [5, 5.41) is 10.8. The van der Waals surface area contributed by atoms with Gasteiger partial charge in [0.2, 0.25) is 11.8 Å². The van der Waals surface area contributed by atoms with E-state index in [4.69, 9.17) is 11.6 Å². The number of hydrogen-bond donors (Lipinski definition) is 2. The van der Waals surface area contributed by atoms with E-state index in [0.717, 1.165) is 28.9 Å². The van der Waals surface area contributed by atoms with Crippen molar-refractivity contribution in [2.45, 2.75) is 44.2 Å². The number of hydrogen-bond acceptors (Lipinski definition) is 6. The molecule has 0 bridgehead atoms. The quantitative estimate of drug-likeness (QED) is 0.268. The van der Waals surface area contributed by atoms with Gasteiger partial charge in [0.15, 0.2) is 0 Å². The molecule has 2 amide bonds. The predicted octanol–water partition coefficient (Wildman–Crippen LogP) is 4.93. The van der Waals surface area contributed by atoms with Crippen molar-refractivity contribution in [3.8, 4) is 0 Å². The van der Waals surface area contributed by atoms with Crippen LogP contribution in [0.15, 0.2) is 79.4 Å². The lowest BCUT2D eigenvalue weighted by atomic mass is 9.93. The molecule has 4 aromatic rings. The molecule has 0 aliphatic carbocycles. The molecule has 15 heteroatoms. The van der Waals surface area contributed by atoms with Gasteiger partial charge in [-0.15, -0.1) is 24.8 Å². The van der Waals surface area contributed by atoms with E-state index in [0.29, 0.717) is 48.9 Å². The van der Waals surface area contributed by atoms with Gasteiger partial charge in [-0.1, -0.05) is 48.0 Å². The minimum Gasteiger partial charge on any atom is -0.368 e. The fourth-order valence-electron chi connectivity index (χ4n) is 6.04. The number of carbonyl (C=O) groups is 2. The van der Waals surface area contributed by atoms with Crippen LogP contribution in [0.25, 0.3) is 0 Å². The van der Waals surface area contributed by atoms with Crippen molar-refractivity contribution in [1.82, 2.24) is 30.3 Å². The third-order valence-electron chi connectivity index (χ3n) is 8.50. The largest absolute Gasteiger partial charge is 0.416 e. The molecule has 48 heavy (non-hydrogen) atoms. The van der Waals surface area contributed by atoms with Gasteiger partial charge in [0.1, 0.15) is 18.7 Å². The Bertz CT molecular complexity index is 1680. The van der Waals surface area contributed by atoms with Gasteiger partial charge in [0, 0.05) is 49.9 Å². The van der Waals surface area contributed by atoms with Gasteiger partial charge >= 0.3 is 6.18 Å². The number of nitrogens with zero attached hydrogens (tertiary/aromatic N) is 5. The minimum absolute atomic E-state index is 0. The zero-order valence-electron chi connectivity index (χ0n) is 25.7. The first-order valence-electron chi connectivity index (χ1n) is 15.1. The number of nitrogens with one attached hydrogen (secondary N) is 2. The normalized spacial score (nSPS) is 16.6. The molecule has 2 N–H and O–H groups in total. The van der Waals surface area contributed by atoms with Crippen molar-refractivity contribution in [1.29, 1.82) is 0 Å². The first kappa shape index (κ1) is 37.0. The highest BCUT2D eigenvalue weighted by molar-refractivity contribution is 6.30. The van der Waals surface area contributed by atoms with Crippen molar-refractivity contribution in [2.24, 2.45) is 0 Å². The summed E-state index contributed by atoms with van der Waals surface area (Å²) in [7, 11) is 0. The van der Waals surface area contributed by atoms with Gasteiger partial charge in [-0.05, 0) is 59.0 Å². The molecule has 6 rings (SSSR count). The number of fused-ring (bicyclic) bond motifs is 1. The van der Waals surface area contributed by atoms with Crippen molar-refractivity contribution in [3.05, 3.63) is 112 Å². The number of benzene rings is 3. The Hall–Kier alpha value is -3.84. The molecule has 256 valence electrons. The summed E-state index contributed by atoms with van der Waals surface area (Å²) in [6, 6.07) is 17.3. The summed E-state index contributed by atoms with van der Waals surface area (Å²) in [5.41, 5.74) is 3.47. The first-order chi connectivity index (χ1) is 22.1. The molecule has 2 atom stereocenters. The van der Waals surface area contributed by atoms with Gasteiger partial charge in [0.25, 0.3) is 0 Å². The van der Waals surface area contributed by atoms with Crippen LogP contribution in [0.2, 0.25) is 5.02 Å². The molecule has 0 spiro atoms. The van der Waals surface area contributed by atoms with E-state index in [1.54, 1.807) is 28.0 Å². The van der Waals surface area contributed by atoms with Crippen molar-refractivity contribution < 1.29 is 22.8 Å². The van der Waals surface area contributed by atoms with E-state index in [9.17, 15) is 22.8 Å². The van der Waals surface area contributed by atoms with Crippen LogP contribution in [0.5, 0.6) is 0 Å². The Morgan fingerprint density at radius 1 is 0.979 bits per heavy atom. The second-order valence-corrected chi connectivity index (χ2v) is 12.0. The highest BCUT2D eigenvalue weighted by Crippen LogP contribution is 2.32. The van der Waals surface area contributed by atoms with Crippen LogP contribution in [0.1, 0.15) is 27.8 Å². The first-order valence-corrected chi connectivity index (χ1v) is 15.4. The van der Waals surface area contributed by atoms with Crippen LogP contribution < -0.4 is 15.5 Å². The third-order valence-corrected chi connectivity index (χ3v) is 8.76. The van der Waals surface area contributed by atoms with Gasteiger partial charge in [-0.3, -0.25) is 9.59 Å². The zero-order valence-corrected chi connectivity index (χ0v) is 28.1. The summed E-state index contributed by atoms with van der Waals surface area (Å²) in [6.07, 6.45) is -0.781. The monoisotopic (exact) mass is 723 g/mol. The van der Waals surface area contributed by atoms with Crippen LogP contribution in [0, 0.1) is 0 Å². The zero-order chi connectivity index (χ0) is 32.3. The molecule has 0 unspecified atom stereocenters. The molecule has 0 radical (unpaired) electrons. The molecule has 1 fully saturated rings. The highest BCUT2D eigenvalue weighted by atomic mass is 35.5. The van der Waals surface area contributed by atoms with Gasteiger partial charge in [0.05, 0.1) is 18.2 Å². The number of piperazine rings is 1. The maximum atomic E-state index is 14.0. The molecule has 3 aromatic carbocycles. The molecule has 1 saturated heterocycles. The lowest BCUT2D eigenvalue weighted by Gasteiger charge is -2.38. The number of rotatable bonds is 8. The van der Waals surface area contributed by atoms with Crippen LogP contribution in [0.3, 0.4) is 0 Å². The van der Waals surface area contributed by atoms with Crippen LogP contribution in [-0.4, -0.2) is 69.7 Å². The van der Waals surface area contributed by atoms with Gasteiger partial charge < -0.3 is 20.4 Å². The number of anilines is 1. The molecule has 0 saturated carbocycles. The molecule has 9 nitrogen and oxygen atoms in total. The van der Waals surface area contributed by atoms with E-state index in [-0.39, 0.29) is 56.0 Å². The smallest absolute Gasteiger partial charge is 0.368 e. The van der Waals surface area contributed by atoms with Crippen molar-refractivity contribution >= 4 is 53.9 Å². The number of halogens is 6. The lowest BCUT2D eigenvalue weighted by molar-refractivity contribution is -0.137. The number of aromatic nitrogens is 3. The van der Waals surface area contributed by atoms with Crippen molar-refractivity contribution in [2.75, 3.05) is 31.1 Å². The molecule has 1 aromatic heterocycles. The summed E-state index contributed by atoms with van der Waals surface area (Å²) in [4.78, 5) is 35.5. The summed E-state index contributed by atoms with van der Waals surface area (Å²) in [6.45, 7) is 2.87. The molecule has 3 heterocycles. The highest BCUT2D eigenvalue weighted by Gasteiger charge is 2.34. The Balaban J connectivity index is 0.00000260. The molecular weight excluding hydrogens is 690 g/mol. The standard InChI is InChI=1S/C33H33ClF3N7O2.2ClH/c34-27-9-5-22(6-10-27)15-29(41-31(45)28-17-23-7-8-26(33(35,36)37)16-25(23)18-39-28)32(46)43-13-11-42(12-14-43)30-4-2-1-3-24(30)19-44-21-38-20-40-44;;/h1-10,16,20-21,28-29,39H,11-15,17-19H2,(H,41,45);2*1H/t28-,29-;;/m1../s1. The maximum absolute atomic E-state index is 14.0. The van der Waals surface area contributed by atoms with E-state index < -0.39 is 23.8 Å². The van der Waals surface area contributed by atoms with Crippen LogP contribution >= 0.6 is 36.4 Å². The second-order valence-electron chi connectivity index (χ2n) is 11.5. The molecule has 2 aliphatic heterocycles. The summed E-state index contributed by atoms with van der Waals surface area (Å²) >= 11 is 6.08. The Kier molecular flexibility index (Phi) is 12.4. The Morgan fingerprint density at radius 2 is 1.71 bits per heavy atom. The van der Waals surface area contributed by atoms with E-state index in [1.807, 2.05) is 24.3 Å². The number of para-hydroxylation sites is 1. The Morgan fingerprint density at radius 3 is 2.40 bits per heavy atom. The van der Waals surface area contributed by atoms with E-state index in [1.165, 1.54) is 12.4 Å². The average molecular weight is 725 g/mol. The number of amides is 2. The van der Waals surface area contributed by atoms with E-state index in [2.05, 4.69) is 37.7 Å². The third kappa shape index (κ3) is 8.79. The predicted molar refractivity (Wildman–Crippen MR) is 182 cm³/mol. The fraction of sp³-hybridized carbons (Fsp3) is 0.333. The SMILES string of the molecule is Cl.Cl.O=C(N[C@H](Cc1ccc(Cl)cc1)C(=O)N1CCN(c2ccccc2Cn2cncn2)CC1)[C@H]1Cc2ccc(C(F)(F)F)cc2CN1. The fourth-order valence-corrected chi connectivity index (χ4v) is 6.16. The summed E-state index contributed by atoms with van der Waals surface area (Å²) in [5.74, 6) is -0.566. The van der Waals surface area contributed by atoms with E-state index >= 15 is 0 Å². The topological polar surface area (TPSA) is 95.4 Å². The minimum atomic E-state index is -4.44. The van der Waals surface area contributed by atoms with Gasteiger partial charge in [-0.2, -0.15) is 18.3 Å². The molecule has 2 aliphatic rings. The van der Waals surface area contributed by atoms with Crippen LogP contribution in [-0.2, 0) is 41.7 Å². The summed E-state index contributed by atoms with van der Waals surface area (Å²) < 4.78 is 41.4. The van der Waals surface area contributed by atoms with Crippen LogP contribution in [0.4, 0.5) is 18.9 Å². The average Bonchev–Trinajstić information content (AvgIpc) is 3.57. The number of carbonyl (C=O) groups excluding carboxylic acids is 2. The lowest BCUT2D eigenvalue weighted by Crippen LogP contribution is -2.58. The second kappa shape index (κ2) is 16.0. The number of alkyl halides is 3. The maximum Gasteiger partial charge on any atom is 0.416 e. The van der Waals surface area contributed by atoms with Gasteiger partial charge in [-0.25, -0.2) is 9.67 Å².